The highest BCUT2D eigenvalue weighted by Crippen LogP contribution is 2.58. The molecule has 0 unspecified atom stereocenters. The van der Waals surface area contributed by atoms with E-state index < -0.39 is 32.8 Å². The van der Waals surface area contributed by atoms with Gasteiger partial charge in [0.25, 0.3) is 10.1 Å². The quantitative estimate of drug-likeness (QED) is 0.782. The van der Waals surface area contributed by atoms with Crippen LogP contribution in [0.3, 0.4) is 0 Å². The molecular weight excluding hydrogens is 310 g/mol. The second-order valence-electron chi connectivity index (χ2n) is 6.53. The highest BCUT2D eigenvalue weighted by Gasteiger charge is 2.56. The molecule has 0 atom stereocenters. The van der Waals surface area contributed by atoms with E-state index in [9.17, 15) is 17.2 Å². The van der Waals surface area contributed by atoms with Crippen LogP contribution in [-0.2, 0) is 14.3 Å². The smallest absolute Gasteiger partial charge is 0.252 e. The summed E-state index contributed by atoms with van der Waals surface area (Å²) in [6, 6.07) is 6.10. The van der Waals surface area contributed by atoms with Gasteiger partial charge in [-0.2, -0.15) is 8.42 Å². The predicted octanol–water partition coefficient (Wildman–Crippen LogP) is 4.18. The highest BCUT2D eigenvalue weighted by molar-refractivity contribution is 7.86. The van der Waals surface area contributed by atoms with Gasteiger partial charge in [-0.1, -0.05) is 24.6 Å². The SMILES string of the molecule is Cc1ccc(S(=O)(=O)OC23CCC(C)(CC2)C(F)=C3F)cc1. The third-order valence-corrected chi connectivity index (χ3v) is 6.25. The van der Waals surface area contributed by atoms with Crippen molar-refractivity contribution in [3.63, 3.8) is 0 Å². The second kappa shape index (κ2) is 4.86. The van der Waals surface area contributed by atoms with E-state index in [4.69, 9.17) is 4.18 Å². The van der Waals surface area contributed by atoms with Crippen LogP contribution >= 0.6 is 0 Å². The van der Waals surface area contributed by atoms with E-state index in [0.717, 1.165) is 5.56 Å². The van der Waals surface area contributed by atoms with Gasteiger partial charge >= 0.3 is 0 Å². The fourth-order valence-electron chi connectivity index (χ4n) is 3.19. The van der Waals surface area contributed by atoms with Crippen molar-refractivity contribution in [2.24, 2.45) is 5.41 Å². The molecule has 3 nitrogen and oxygen atoms in total. The first-order chi connectivity index (χ1) is 10.2. The Hall–Kier alpha value is -1.27. The average molecular weight is 328 g/mol. The summed E-state index contributed by atoms with van der Waals surface area (Å²) in [7, 11) is -4.14. The van der Waals surface area contributed by atoms with Gasteiger partial charge in [0, 0.05) is 5.41 Å². The van der Waals surface area contributed by atoms with Crippen LogP contribution in [0.4, 0.5) is 8.78 Å². The zero-order valence-electron chi connectivity index (χ0n) is 12.5. The van der Waals surface area contributed by atoms with Crippen molar-refractivity contribution in [3.05, 3.63) is 41.5 Å². The topological polar surface area (TPSA) is 43.4 Å². The standard InChI is InChI=1S/C16H18F2O3S/c1-11-3-5-12(6-4-11)22(19,20)21-16-9-7-15(2,8-10-16)13(17)14(16)18/h3-6H,7-10H2,1-2H3. The Morgan fingerprint density at radius 3 is 2.09 bits per heavy atom. The maximum absolute atomic E-state index is 14.4. The van der Waals surface area contributed by atoms with E-state index in [-0.39, 0.29) is 17.7 Å². The summed E-state index contributed by atoms with van der Waals surface area (Å²) in [4.78, 5) is -0.0420. The third kappa shape index (κ3) is 2.29. The second-order valence-corrected chi connectivity index (χ2v) is 8.08. The Labute approximate surface area is 129 Å². The van der Waals surface area contributed by atoms with Gasteiger partial charge < -0.3 is 0 Å². The minimum atomic E-state index is -4.14. The maximum Gasteiger partial charge on any atom is 0.297 e. The van der Waals surface area contributed by atoms with E-state index in [2.05, 4.69) is 0 Å². The van der Waals surface area contributed by atoms with Crippen molar-refractivity contribution in [3.8, 4) is 0 Å². The molecule has 0 radical (unpaired) electrons. The molecule has 4 rings (SSSR count). The fraction of sp³-hybridized carbons (Fsp3) is 0.500. The van der Waals surface area contributed by atoms with Gasteiger partial charge in [0.2, 0.25) is 0 Å². The van der Waals surface area contributed by atoms with Crippen LogP contribution in [0.2, 0.25) is 0 Å². The van der Waals surface area contributed by atoms with Gasteiger partial charge in [-0.05, 0) is 44.7 Å². The number of hydrogen-bond acceptors (Lipinski definition) is 3. The lowest BCUT2D eigenvalue weighted by Crippen LogP contribution is -2.48. The molecule has 1 aromatic rings. The van der Waals surface area contributed by atoms with Gasteiger partial charge in [-0.25, -0.2) is 8.78 Å². The molecule has 0 amide bonds. The van der Waals surface area contributed by atoms with Gasteiger partial charge in [0.05, 0.1) is 4.90 Å². The molecule has 0 aromatic heterocycles. The molecule has 22 heavy (non-hydrogen) atoms. The Morgan fingerprint density at radius 1 is 1.00 bits per heavy atom. The van der Waals surface area contributed by atoms with Crippen molar-refractivity contribution in [2.45, 2.75) is 50.0 Å². The molecule has 0 heterocycles. The summed E-state index contributed by atoms with van der Waals surface area (Å²) in [5.41, 5.74) is -1.59. The summed E-state index contributed by atoms with van der Waals surface area (Å²) in [6.07, 6.45) is 1.12. The average Bonchev–Trinajstić information content (AvgIpc) is 2.47. The van der Waals surface area contributed by atoms with E-state index in [1.807, 2.05) is 6.92 Å². The first-order valence-corrected chi connectivity index (χ1v) is 8.68. The molecule has 0 saturated heterocycles. The zero-order valence-corrected chi connectivity index (χ0v) is 13.3. The Morgan fingerprint density at radius 2 is 1.55 bits per heavy atom. The van der Waals surface area contributed by atoms with Gasteiger partial charge in [0.15, 0.2) is 5.83 Å². The van der Waals surface area contributed by atoms with Crippen molar-refractivity contribution in [1.29, 1.82) is 0 Å². The number of rotatable bonds is 3. The molecule has 2 bridgehead atoms. The number of allylic oxidation sites excluding steroid dienone is 1. The van der Waals surface area contributed by atoms with Crippen molar-refractivity contribution in [2.75, 3.05) is 0 Å². The molecule has 1 saturated carbocycles. The normalized spacial score (nSPS) is 31.6. The van der Waals surface area contributed by atoms with E-state index in [1.165, 1.54) is 12.1 Å². The molecule has 0 N–H and O–H groups in total. The molecule has 1 fully saturated rings. The summed E-state index contributed by atoms with van der Waals surface area (Å²) in [6.45, 7) is 3.50. The van der Waals surface area contributed by atoms with Crippen LogP contribution in [0.1, 0.15) is 38.2 Å². The monoisotopic (exact) mass is 328 g/mol. The highest BCUT2D eigenvalue weighted by atomic mass is 32.2. The van der Waals surface area contributed by atoms with Crippen molar-refractivity contribution in [1.82, 2.24) is 0 Å². The summed E-state index contributed by atoms with van der Waals surface area (Å²) >= 11 is 0. The Balaban J connectivity index is 1.97. The van der Waals surface area contributed by atoms with Crippen LogP contribution in [-0.4, -0.2) is 14.0 Å². The summed E-state index contributed by atoms with van der Waals surface area (Å²) in [5, 5.41) is 0. The van der Waals surface area contributed by atoms with Crippen LogP contribution in [0, 0.1) is 12.3 Å². The largest absolute Gasteiger partial charge is 0.297 e. The molecular formula is C16H18F2O3S. The molecule has 6 heteroatoms. The molecule has 1 aromatic carbocycles. The zero-order chi connectivity index (χ0) is 16.2. The van der Waals surface area contributed by atoms with Crippen LogP contribution in [0.25, 0.3) is 0 Å². The lowest BCUT2D eigenvalue weighted by Gasteiger charge is -2.48. The fourth-order valence-corrected chi connectivity index (χ4v) is 4.42. The van der Waals surface area contributed by atoms with Gasteiger partial charge in [0.1, 0.15) is 11.4 Å². The van der Waals surface area contributed by atoms with Crippen LogP contribution < -0.4 is 0 Å². The maximum atomic E-state index is 14.4. The first-order valence-electron chi connectivity index (χ1n) is 7.27. The van der Waals surface area contributed by atoms with Crippen LogP contribution in [0.5, 0.6) is 0 Å². The number of fused-ring (bicyclic) bond motifs is 2. The molecule has 0 spiro atoms. The van der Waals surface area contributed by atoms with Gasteiger partial charge in [-0.3, -0.25) is 4.18 Å². The van der Waals surface area contributed by atoms with E-state index in [1.54, 1.807) is 19.1 Å². The Bertz CT molecular complexity index is 727. The molecule has 0 aliphatic heterocycles. The van der Waals surface area contributed by atoms with E-state index >= 15 is 0 Å². The Kier molecular flexibility index (Phi) is 3.45. The van der Waals surface area contributed by atoms with E-state index in [0.29, 0.717) is 12.8 Å². The number of aryl methyl sites for hydroxylation is 1. The summed E-state index contributed by atoms with van der Waals surface area (Å²) in [5.74, 6) is -1.91. The third-order valence-electron chi connectivity index (χ3n) is 4.86. The lowest BCUT2D eigenvalue weighted by atomic mass is 9.63. The molecule has 3 aliphatic rings. The number of hydrogen-bond donors (Lipinski definition) is 0. The number of halogens is 2. The first kappa shape index (κ1) is 15.6. The summed E-state index contributed by atoms with van der Waals surface area (Å²) < 4.78 is 58.5. The molecule has 120 valence electrons. The van der Waals surface area contributed by atoms with Crippen molar-refractivity contribution >= 4 is 10.1 Å². The minimum absolute atomic E-state index is 0.0420. The van der Waals surface area contributed by atoms with Crippen LogP contribution in [0.15, 0.2) is 40.8 Å². The predicted molar refractivity (Wildman–Crippen MR) is 78.0 cm³/mol. The number of benzene rings is 1. The van der Waals surface area contributed by atoms with Gasteiger partial charge in [-0.15, -0.1) is 0 Å². The lowest BCUT2D eigenvalue weighted by molar-refractivity contribution is -0.0184. The molecule has 3 aliphatic carbocycles. The minimum Gasteiger partial charge on any atom is -0.252 e. The van der Waals surface area contributed by atoms with Crippen molar-refractivity contribution < 1.29 is 21.4 Å².